The number of hydrogen-bond donors (Lipinski definition) is 1. The third kappa shape index (κ3) is 2.37. The second-order valence-electron chi connectivity index (χ2n) is 4.98. The molecule has 0 spiro atoms. The van der Waals surface area contributed by atoms with Gasteiger partial charge in [0.1, 0.15) is 0 Å². The minimum absolute atomic E-state index is 0.429. The molecule has 0 aromatic heterocycles. The Bertz CT molecular complexity index is 574. The summed E-state index contributed by atoms with van der Waals surface area (Å²) in [5, 5.41) is 3.70. The molecule has 1 nitrogen and oxygen atoms in total. The highest BCUT2D eigenvalue weighted by Gasteiger charge is 2.23. The standard InChI is InChI=1S/C17H19NS/c1-3-12-5-4-6-14-11-16(18-17(12)14)13-7-9-15(19-2)10-8-13/h4-10,16,18H,3,11H2,1-2H3. The molecular formula is C17H19NS. The Morgan fingerprint density at radius 1 is 1.16 bits per heavy atom. The van der Waals surface area contributed by atoms with E-state index in [-0.39, 0.29) is 0 Å². The summed E-state index contributed by atoms with van der Waals surface area (Å²) in [4.78, 5) is 1.33. The molecule has 0 aliphatic carbocycles. The molecule has 0 radical (unpaired) electrons. The average Bonchev–Trinajstić information content (AvgIpc) is 2.91. The SMILES string of the molecule is CCc1cccc2c1NC(c1ccc(SC)cc1)C2. The van der Waals surface area contributed by atoms with Crippen LogP contribution in [0.2, 0.25) is 0 Å². The number of fused-ring (bicyclic) bond motifs is 1. The van der Waals surface area contributed by atoms with Crippen molar-refractivity contribution in [2.24, 2.45) is 0 Å². The second kappa shape index (κ2) is 5.30. The van der Waals surface area contributed by atoms with E-state index in [0.29, 0.717) is 6.04 Å². The minimum Gasteiger partial charge on any atom is -0.377 e. The van der Waals surface area contributed by atoms with E-state index in [1.807, 2.05) is 0 Å². The van der Waals surface area contributed by atoms with Gasteiger partial charge in [0, 0.05) is 10.6 Å². The molecule has 1 unspecified atom stereocenters. The Hall–Kier alpha value is -1.41. The van der Waals surface area contributed by atoms with Gasteiger partial charge in [-0.15, -0.1) is 11.8 Å². The molecule has 98 valence electrons. The van der Waals surface area contributed by atoms with E-state index in [1.165, 1.54) is 27.3 Å². The molecule has 0 bridgehead atoms. The molecule has 1 atom stereocenters. The average molecular weight is 269 g/mol. The van der Waals surface area contributed by atoms with E-state index in [1.54, 1.807) is 11.8 Å². The predicted octanol–water partition coefficient (Wildman–Crippen LogP) is 4.68. The summed E-state index contributed by atoms with van der Waals surface area (Å²) < 4.78 is 0. The molecule has 0 fully saturated rings. The van der Waals surface area contributed by atoms with Crippen molar-refractivity contribution < 1.29 is 0 Å². The van der Waals surface area contributed by atoms with Gasteiger partial charge < -0.3 is 5.32 Å². The molecule has 0 saturated heterocycles. The fraction of sp³-hybridized carbons (Fsp3) is 0.294. The highest BCUT2D eigenvalue weighted by atomic mass is 32.2. The van der Waals surface area contributed by atoms with Crippen molar-refractivity contribution in [2.75, 3.05) is 11.6 Å². The van der Waals surface area contributed by atoms with Crippen LogP contribution in [0, 0.1) is 0 Å². The zero-order valence-electron chi connectivity index (χ0n) is 11.4. The van der Waals surface area contributed by atoms with Gasteiger partial charge in [-0.05, 0) is 47.9 Å². The maximum Gasteiger partial charge on any atom is 0.0555 e. The second-order valence-corrected chi connectivity index (χ2v) is 5.86. The molecular weight excluding hydrogens is 250 g/mol. The summed E-state index contributed by atoms with van der Waals surface area (Å²) in [7, 11) is 0. The van der Waals surface area contributed by atoms with Gasteiger partial charge in [-0.2, -0.15) is 0 Å². The molecule has 1 aliphatic rings. The predicted molar refractivity (Wildman–Crippen MR) is 84.1 cm³/mol. The fourth-order valence-electron chi connectivity index (χ4n) is 2.79. The third-order valence-corrected chi connectivity index (χ3v) is 4.62. The number of benzene rings is 2. The van der Waals surface area contributed by atoms with Crippen LogP contribution in [0.5, 0.6) is 0 Å². The van der Waals surface area contributed by atoms with Crippen LogP contribution in [0.3, 0.4) is 0 Å². The zero-order valence-corrected chi connectivity index (χ0v) is 12.3. The number of thioether (sulfide) groups is 1. The first-order valence-electron chi connectivity index (χ1n) is 6.83. The van der Waals surface area contributed by atoms with Gasteiger partial charge in [0.15, 0.2) is 0 Å². The maximum atomic E-state index is 3.70. The van der Waals surface area contributed by atoms with E-state index in [2.05, 4.69) is 61.0 Å². The van der Waals surface area contributed by atoms with E-state index >= 15 is 0 Å². The first kappa shape index (κ1) is 12.6. The normalized spacial score (nSPS) is 17.1. The molecule has 0 saturated carbocycles. The van der Waals surface area contributed by atoms with Crippen LogP contribution in [0.25, 0.3) is 0 Å². The lowest BCUT2D eigenvalue weighted by atomic mass is 10.0. The molecule has 1 N–H and O–H groups in total. The minimum atomic E-state index is 0.429. The van der Waals surface area contributed by atoms with Crippen molar-refractivity contribution in [1.82, 2.24) is 0 Å². The summed E-state index contributed by atoms with van der Waals surface area (Å²) in [6.45, 7) is 2.22. The summed E-state index contributed by atoms with van der Waals surface area (Å²) in [6.07, 6.45) is 4.31. The van der Waals surface area contributed by atoms with Crippen LogP contribution in [-0.2, 0) is 12.8 Å². The molecule has 1 aliphatic heterocycles. The molecule has 3 rings (SSSR count). The van der Waals surface area contributed by atoms with Crippen LogP contribution < -0.4 is 5.32 Å². The summed E-state index contributed by atoms with van der Waals surface area (Å²) in [6, 6.07) is 16.0. The molecule has 19 heavy (non-hydrogen) atoms. The molecule has 2 aromatic carbocycles. The van der Waals surface area contributed by atoms with E-state index in [0.717, 1.165) is 12.8 Å². The van der Waals surface area contributed by atoms with Crippen LogP contribution in [0.1, 0.15) is 29.7 Å². The summed E-state index contributed by atoms with van der Waals surface area (Å²) in [5.41, 5.74) is 5.64. The van der Waals surface area contributed by atoms with Gasteiger partial charge >= 0.3 is 0 Å². The zero-order chi connectivity index (χ0) is 13.2. The van der Waals surface area contributed by atoms with E-state index in [4.69, 9.17) is 0 Å². The third-order valence-electron chi connectivity index (χ3n) is 3.88. The van der Waals surface area contributed by atoms with Crippen molar-refractivity contribution in [3.8, 4) is 0 Å². The van der Waals surface area contributed by atoms with Crippen molar-refractivity contribution in [3.63, 3.8) is 0 Å². The molecule has 2 aromatic rings. The summed E-state index contributed by atoms with van der Waals surface area (Å²) >= 11 is 1.79. The van der Waals surface area contributed by atoms with Gasteiger partial charge in [0.25, 0.3) is 0 Å². The van der Waals surface area contributed by atoms with Gasteiger partial charge in [0.2, 0.25) is 0 Å². The van der Waals surface area contributed by atoms with Crippen molar-refractivity contribution in [1.29, 1.82) is 0 Å². The number of hydrogen-bond acceptors (Lipinski definition) is 2. The smallest absolute Gasteiger partial charge is 0.0555 e. The van der Waals surface area contributed by atoms with E-state index < -0.39 is 0 Å². The monoisotopic (exact) mass is 269 g/mol. The van der Waals surface area contributed by atoms with Gasteiger partial charge in [-0.3, -0.25) is 0 Å². The highest BCUT2D eigenvalue weighted by molar-refractivity contribution is 7.98. The molecule has 2 heteroatoms. The highest BCUT2D eigenvalue weighted by Crippen LogP contribution is 2.37. The Morgan fingerprint density at radius 3 is 2.63 bits per heavy atom. The summed E-state index contributed by atoms with van der Waals surface area (Å²) in [5.74, 6) is 0. The number of anilines is 1. The lowest BCUT2D eigenvalue weighted by molar-refractivity contribution is 0.822. The number of para-hydroxylation sites is 1. The van der Waals surface area contributed by atoms with Crippen LogP contribution in [-0.4, -0.2) is 6.26 Å². The van der Waals surface area contributed by atoms with Crippen LogP contribution in [0.15, 0.2) is 47.4 Å². The topological polar surface area (TPSA) is 12.0 Å². The lowest BCUT2D eigenvalue weighted by Gasteiger charge is -2.13. The van der Waals surface area contributed by atoms with E-state index in [9.17, 15) is 0 Å². The van der Waals surface area contributed by atoms with Crippen LogP contribution >= 0.6 is 11.8 Å². The van der Waals surface area contributed by atoms with Gasteiger partial charge in [-0.25, -0.2) is 0 Å². The quantitative estimate of drug-likeness (QED) is 0.812. The number of aryl methyl sites for hydroxylation is 1. The Balaban J connectivity index is 1.86. The first-order chi connectivity index (χ1) is 9.31. The van der Waals surface area contributed by atoms with Crippen molar-refractivity contribution in [2.45, 2.75) is 30.7 Å². The largest absolute Gasteiger partial charge is 0.377 e. The Morgan fingerprint density at radius 2 is 1.95 bits per heavy atom. The van der Waals surface area contributed by atoms with Gasteiger partial charge in [0.05, 0.1) is 6.04 Å². The molecule has 1 heterocycles. The Labute approximate surface area is 119 Å². The molecule has 0 amide bonds. The van der Waals surface area contributed by atoms with Crippen LogP contribution in [0.4, 0.5) is 5.69 Å². The van der Waals surface area contributed by atoms with Gasteiger partial charge in [-0.1, -0.05) is 37.3 Å². The number of nitrogens with one attached hydrogen (secondary N) is 1. The first-order valence-corrected chi connectivity index (χ1v) is 8.05. The Kier molecular flexibility index (Phi) is 3.52. The van der Waals surface area contributed by atoms with Crippen molar-refractivity contribution in [3.05, 3.63) is 59.2 Å². The maximum absolute atomic E-state index is 3.70. The fourth-order valence-corrected chi connectivity index (χ4v) is 3.19. The lowest BCUT2D eigenvalue weighted by Crippen LogP contribution is -2.06. The number of rotatable bonds is 3. The van der Waals surface area contributed by atoms with Crippen molar-refractivity contribution >= 4 is 17.4 Å².